The number of hydrogen-bond acceptors (Lipinski definition) is 5. The van der Waals surface area contributed by atoms with Gasteiger partial charge in [0.25, 0.3) is 5.91 Å². The Kier molecular flexibility index (Phi) is 5.83. The fraction of sp³-hybridized carbons (Fsp3) is 0.227. The number of amides is 1. The van der Waals surface area contributed by atoms with Crippen LogP contribution < -0.4 is 10.1 Å². The molecule has 1 amide bonds. The highest BCUT2D eigenvalue weighted by Gasteiger charge is 2.14. The van der Waals surface area contributed by atoms with Crippen LogP contribution in [-0.4, -0.2) is 25.5 Å². The van der Waals surface area contributed by atoms with Gasteiger partial charge >= 0.3 is 0 Å². The monoisotopic (exact) mass is 423 g/mol. The van der Waals surface area contributed by atoms with E-state index < -0.39 is 0 Å². The van der Waals surface area contributed by atoms with Crippen LogP contribution in [0, 0.1) is 12.7 Å². The maximum Gasteiger partial charge on any atom is 0.291 e. The molecule has 0 aliphatic heterocycles. The van der Waals surface area contributed by atoms with E-state index in [1.165, 1.54) is 24.3 Å². The molecule has 0 atom stereocenters. The van der Waals surface area contributed by atoms with E-state index in [2.05, 4.69) is 15.5 Å². The van der Waals surface area contributed by atoms with Crippen LogP contribution in [0.4, 0.5) is 10.1 Å². The molecule has 3 heterocycles. The molecule has 0 saturated heterocycles. The third kappa shape index (κ3) is 4.82. The second kappa shape index (κ2) is 8.86. The van der Waals surface area contributed by atoms with Crippen molar-refractivity contribution in [3.8, 4) is 5.75 Å². The first-order valence-corrected chi connectivity index (χ1v) is 9.84. The Labute approximate surface area is 178 Å². The number of furan rings is 1. The Morgan fingerprint density at radius 3 is 2.71 bits per heavy atom. The van der Waals surface area contributed by atoms with E-state index >= 15 is 0 Å². The first-order valence-electron chi connectivity index (χ1n) is 9.84. The van der Waals surface area contributed by atoms with Gasteiger partial charge in [0.1, 0.15) is 23.9 Å². The van der Waals surface area contributed by atoms with Crippen LogP contribution in [0.3, 0.4) is 0 Å². The maximum absolute atomic E-state index is 12.9. The molecule has 1 N–H and O–H groups in total. The summed E-state index contributed by atoms with van der Waals surface area (Å²) in [5, 5.41) is 11.4. The van der Waals surface area contributed by atoms with Crippen LogP contribution in [-0.2, 0) is 19.7 Å². The SMILES string of the molecule is CCn1ncc(Cn2cc(NC(=O)c3ccc(COc4ccc(F)cc4)o3)cn2)c1C. The van der Waals surface area contributed by atoms with Gasteiger partial charge in [0.05, 0.1) is 24.6 Å². The van der Waals surface area contributed by atoms with Crippen LogP contribution in [0.5, 0.6) is 5.75 Å². The molecule has 0 fully saturated rings. The van der Waals surface area contributed by atoms with E-state index in [9.17, 15) is 9.18 Å². The summed E-state index contributed by atoms with van der Waals surface area (Å²) < 4.78 is 27.7. The van der Waals surface area contributed by atoms with Crippen LogP contribution in [0.25, 0.3) is 0 Å². The van der Waals surface area contributed by atoms with Crippen molar-refractivity contribution in [3.05, 3.63) is 83.6 Å². The highest BCUT2D eigenvalue weighted by molar-refractivity contribution is 6.02. The lowest BCUT2D eigenvalue weighted by Gasteiger charge is -2.04. The minimum absolute atomic E-state index is 0.127. The van der Waals surface area contributed by atoms with E-state index in [0.717, 1.165) is 17.8 Å². The first kappa shape index (κ1) is 20.4. The number of nitrogens with one attached hydrogen (secondary N) is 1. The Bertz CT molecular complexity index is 1180. The predicted molar refractivity (Wildman–Crippen MR) is 111 cm³/mol. The predicted octanol–water partition coefficient (Wildman–Crippen LogP) is 4.02. The van der Waals surface area contributed by atoms with Gasteiger partial charge in [0.2, 0.25) is 0 Å². The van der Waals surface area contributed by atoms with E-state index in [1.807, 2.05) is 24.7 Å². The molecule has 0 radical (unpaired) electrons. The van der Waals surface area contributed by atoms with Gasteiger partial charge in [-0.05, 0) is 50.2 Å². The lowest BCUT2D eigenvalue weighted by Crippen LogP contribution is -2.10. The van der Waals surface area contributed by atoms with Crippen LogP contribution in [0.1, 0.15) is 34.5 Å². The number of halogens is 1. The van der Waals surface area contributed by atoms with Crippen molar-refractivity contribution >= 4 is 11.6 Å². The number of carbonyl (C=O) groups is 1. The first-order chi connectivity index (χ1) is 15.0. The number of anilines is 1. The molecule has 31 heavy (non-hydrogen) atoms. The van der Waals surface area contributed by atoms with Gasteiger partial charge in [-0.15, -0.1) is 0 Å². The fourth-order valence-electron chi connectivity index (χ4n) is 3.10. The molecule has 0 saturated carbocycles. The molecule has 0 aliphatic rings. The standard InChI is InChI=1S/C22H22FN5O3/c1-3-28-15(2)16(10-25-28)12-27-13-18(11-24-27)26-22(29)21-9-8-20(31-21)14-30-19-6-4-17(23)5-7-19/h4-11,13H,3,12,14H2,1-2H3,(H,26,29). The summed E-state index contributed by atoms with van der Waals surface area (Å²) >= 11 is 0. The Morgan fingerprint density at radius 1 is 1.16 bits per heavy atom. The zero-order valence-corrected chi connectivity index (χ0v) is 17.2. The van der Waals surface area contributed by atoms with Crippen LogP contribution in [0.15, 0.2) is 59.4 Å². The zero-order chi connectivity index (χ0) is 21.8. The van der Waals surface area contributed by atoms with Gasteiger partial charge in [-0.2, -0.15) is 10.2 Å². The summed E-state index contributed by atoms with van der Waals surface area (Å²) in [7, 11) is 0. The normalized spacial score (nSPS) is 10.9. The molecule has 0 aliphatic carbocycles. The van der Waals surface area contributed by atoms with Crippen LogP contribution in [0.2, 0.25) is 0 Å². The summed E-state index contributed by atoms with van der Waals surface area (Å²) in [6.07, 6.45) is 5.16. The quantitative estimate of drug-likeness (QED) is 0.463. The van der Waals surface area contributed by atoms with Gasteiger partial charge in [-0.25, -0.2) is 4.39 Å². The average molecular weight is 423 g/mol. The van der Waals surface area contributed by atoms with E-state index in [4.69, 9.17) is 9.15 Å². The molecule has 160 valence electrons. The van der Waals surface area contributed by atoms with Crippen molar-refractivity contribution in [2.75, 3.05) is 5.32 Å². The topological polar surface area (TPSA) is 87.1 Å². The summed E-state index contributed by atoms with van der Waals surface area (Å²) in [4.78, 5) is 12.5. The Morgan fingerprint density at radius 2 is 1.97 bits per heavy atom. The highest BCUT2D eigenvalue weighted by atomic mass is 19.1. The zero-order valence-electron chi connectivity index (χ0n) is 17.2. The largest absolute Gasteiger partial charge is 0.486 e. The summed E-state index contributed by atoms with van der Waals surface area (Å²) in [5.74, 6) is 0.427. The summed E-state index contributed by atoms with van der Waals surface area (Å²) in [6, 6.07) is 8.92. The summed E-state index contributed by atoms with van der Waals surface area (Å²) in [5.41, 5.74) is 2.72. The average Bonchev–Trinajstić information content (AvgIpc) is 3.49. The molecule has 0 unspecified atom stereocenters. The van der Waals surface area contributed by atoms with Crippen molar-refractivity contribution < 1.29 is 18.3 Å². The molecule has 0 bridgehead atoms. The minimum Gasteiger partial charge on any atom is -0.486 e. The minimum atomic E-state index is -0.387. The van der Waals surface area contributed by atoms with Gasteiger partial charge in [0, 0.05) is 24.0 Å². The molecule has 4 aromatic rings. The molecule has 0 spiro atoms. The van der Waals surface area contributed by atoms with Crippen molar-refractivity contribution in [1.29, 1.82) is 0 Å². The lowest BCUT2D eigenvalue weighted by molar-refractivity contribution is 0.0992. The Balaban J connectivity index is 1.33. The van der Waals surface area contributed by atoms with Gasteiger partial charge < -0.3 is 14.5 Å². The third-order valence-electron chi connectivity index (χ3n) is 4.81. The van der Waals surface area contributed by atoms with Crippen molar-refractivity contribution in [2.24, 2.45) is 0 Å². The van der Waals surface area contributed by atoms with E-state index in [-0.39, 0.29) is 24.1 Å². The van der Waals surface area contributed by atoms with Gasteiger partial charge in [-0.1, -0.05) is 0 Å². The highest BCUT2D eigenvalue weighted by Crippen LogP contribution is 2.17. The smallest absolute Gasteiger partial charge is 0.291 e. The van der Waals surface area contributed by atoms with Crippen molar-refractivity contribution in [2.45, 2.75) is 33.5 Å². The molecule has 4 rings (SSSR count). The van der Waals surface area contributed by atoms with Gasteiger partial charge in [-0.3, -0.25) is 14.2 Å². The molecular weight excluding hydrogens is 401 g/mol. The molecular formula is C22H22FN5O3. The maximum atomic E-state index is 12.9. The van der Waals surface area contributed by atoms with Crippen molar-refractivity contribution in [1.82, 2.24) is 19.6 Å². The molecule has 1 aromatic carbocycles. The van der Waals surface area contributed by atoms with Gasteiger partial charge in [0.15, 0.2) is 5.76 Å². The van der Waals surface area contributed by atoms with E-state index in [0.29, 0.717) is 23.7 Å². The van der Waals surface area contributed by atoms with E-state index in [1.54, 1.807) is 29.2 Å². The number of hydrogen-bond donors (Lipinski definition) is 1. The van der Waals surface area contributed by atoms with Crippen LogP contribution >= 0.6 is 0 Å². The third-order valence-corrected chi connectivity index (χ3v) is 4.81. The lowest BCUT2D eigenvalue weighted by atomic mass is 10.2. The second-order valence-electron chi connectivity index (χ2n) is 6.96. The number of nitrogens with zero attached hydrogens (tertiary/aromatic N) is 4. The summed E-state index contributed by atoms with van der Waals surface area (Å²) in [6.45, 7) is 5.56. The Hall–Kier alpha value is -3.88. The number of benzene rings is 1. The molecule has 8 nitrogen and oxygen atoms in total. The van der Waals surface area contributed by atoms with Crippen molar-refractivity contribution in [3.63, 3.8) is 0 Å². The number of rotatable bonds is 8. The number of aromatic nitrogens is 4. The molecule has 3 aromatic heterocycles. The number of aryl methyl sites for hydroxylation is 1. The fourth-order valence-corrected chi connectivity index (χ4v) is 3.10. The number of ether oxygens (including phenoxy) is 1. The molecule has 9 heteroatoms. The number of carbonyl (C=O) groups excluding carboxylic acids is 1. The second-order valence-corrected chi connectivity index (χ2v) is 6.96.